The average molecular weight is 524 g/mol. The molecular formula is C23H33IN4O2. The highest BCUT2D eigenvalue weighted by Crippen LogP contribution is 2.24. The second-order valence-electron chi connectivity index (χ2n) is 7.76. The molecule has 0 spiro atoms. The Hall–Kier alpha value is -1.87. The van der Waals surface area contributed by atoms with Gasteiger partial charge >= 0.3 is 0 Å². The number of aliphatic imine (C=N–C) groups is 1. The van der Waals surface area contributed by atoms with E-state index in [-0.39, 0.29) is 48.6 Å². The molecule has 2 N–H and O–H groups in total. The minimum atomic E-state index is -0.0298. The predicted octanol–water partition coefficient (Wildman–Crippen LogP) is 3.71. The van der Waals surface area contributed by atoms with Crippen molar-refractivity contribution in [3.05, 3.63) is 48.0 Å². The lowest BCUT2D eigenvalue weighted by Gasteiger charge is -2.25. The molecule has 0 radical (unpaired) electrons. The molecule has 2 aromatic carbocycles. The van der Waals surface area contributed by atoms with E-state index in [1.807, 2.05) is 0 Å². The maximum atomic E-state index is 12.0. The Kier molecular flexibility index (Phi) is 9.84. The van der Waals surface area contributed by atoms with Gasteiger partial charge in [0, 0.05) is 27.2 Å². The highest BCUT2D eigenvalue weighted by molar-refractivity contribution is 14.0. The first-order valence-electron chi connectivity index (χ1n) is 10.4. The van der Waals surface area contributed by atoms with Gasteiger partial charge in [0.15, 0.2) is 5.96 Å². The van der Waals surface area contributed by atoms with Gasteiger partial charge in [-0.15, -0.1) is 24.0 Å². The first-order chi connectivity index (χ1) is 14.0. The summed E-state index contributed by atoms with van der Waals surface area (Å²) in [5, 5.41) is 9.28. The van der Waals surface area contributed by atoms with Gasteiger partial charge in [0.2, 0.25) is 5.91 Å². The number of nitrogens with one attached hydrogen (secondary N) is 2. The molecule has 3 rings (SSSR count). The number of fused-ring (bicyclic) bond motifs is 1. The number of hydrogen-bond donors (Lipinski definition) is 2. The number of guanidine groups is 1. The molecule has 1 aliphatic heterocycles. The first-order valence-corrected chi connectivity index (χ1v) is 10.4. The quantitative estimate of drug-likeness (QED) is 0.344. The third kappa shape index (κ3) is 6.84. The van der Waals surface area contributed by atoms with E-state index in [0.29, 0.717) is 12.5 Å². The number of nitrogens with zero attached hydrogens (tertiary/aromatic N) is 2. The van der Waals surface area contributed by atoms with Crippen molar-refractivity contribution in [1.29, 1.82) is 0 Å². The number of amides is 1. The molecular weight excluding hydrogens is 491 g/mol. The fraction of sp³-hybridized carbons (Fsp3) is 0.478. The summed E-state index contributed by atoms with van der Waals surface area (Å²) < 4.78 is 5.82. The number of carbonyl (C=O) groups is 1. The topological polar surface area (TPSA) is 66.0 Å². The zero-order valence-electron chi connectivity index (χ0n) is 18.1. The molecule has 7 heteroatoms. The predicted molar refractivity (Wildman–Crippen MR) is 134 cm³/mol. The van der Waals surface area contributed by atoms with Crippen LogP contribution < -0.4 is 10.6 Å². The Bertz CT molecular complexity index is 845. The smallest absolute Gasteiger partial charge is 0.243 e. The van der Waals surface area contributed by atoms with Crippen molar-refractivity contribution in [1.82, 2.24) is 15.5 Å². The monoisotopic (exact) mass is 524 g/mol. The minimum Gasteiger partial charge on any atom is -0.376 e. The van der Waals surface area contributed by atoms with Crippen molar-refractivity contribution in [2.75, 3.05) is 33.8 Å². The van der Waals surface area contributed by atoms with Crippen LogP contribution in [0.1, 0.15) is 37.8 Å². The molecule has 6 nitrogen and oxygen atoms in total. The van der Waals surface area contributed by atoms with Crippen molar-refractivity contribution in [2.45, 2.75) is 38.3 Å². The highest BCUT2D eigenvalue weighted by atomic mass is 127. The van der Waals surface area contributed by atoms with E-state index in [2.05, 4.69) is 65.0 Å². The third-order valence-electron chi connectivity index (χ3n) is 5.29. The molecule has 30 heavy (non-hydrogen) atoms. The van der Waals surface area contributed by atoms with E-state index < -0.39 is 0 Å². The molecule has 164 valence electrons. The van der Waals surface area contributed by atoms with Crippen LogP contribution in [0, 0.1) is 0 Å². The van der Waals surface area contributed by atoms with E-state index >= 15 is 0 Å². The molecule has 1 fully saturated rings. The normalized spacial score (nSPS) is 17.7. The van der Waals surface area contributed by atoms with E-state index in [1.54, 1.807) is 19.0 Å². The van der Waals surface area contributed by atoms with Gasteiger partial charge in [0.05, 0.1) is 12.1 Å². The number of rotatable bonds is 6. The molecule has 0 aromatic heterocycles. The van der Waals surface area contributed by atoms with Crippen LogP contribution >= 0.6 is 24.0 Å². The Labute approximate surface area is 196 Å². The van der Waals surface area contributed by atoms with Crippen molar-refractivity contribution in [3.63, 3.8) is 0 Å². The van der Waals surface area contributed by atoms with Gasteiger partial charge in [0.1, 0.15) is 6.54 Å². The van der Waals surface area contributed by atoms with Gasteiger partial charge in [-0.3, -0.25) is 4.79 Å². The van der Waals surface area contributed by atoms with E-state index in [1.165, 1.54) is 22.8 Å². The Morgan fingerprint density at radius 1 is 1.20 bits per heavy atom. The van der Waals surface area contributed by atoms with Crippen molar-refractivity contribution in [2.24, 2.45) is 4.99 Å². The molecule has 0 aliphatic carbocycles. The molecule has 0 bridgehead atoms. The van der Waals surface area contributed by atoms with Crippen molar-refractivity contribution >= 4 is 46.6 Å². The first kappa shape index (κ1) is 24.4. The van der Waals surface area contributed by atoms with Crippen molar-refractivity contribution < 1.29 is 9.53 Å². The number of ether oxygens (including phenoxy) is 1. The summed E-state index contributed by atoms with van der Waals surface area (Å²) in [4.78, 5) is 18.1. The zero-order valence-corrected chi connectivity index (χ0v) is 20.4. The maximum absolute atomic E-state index is 12.0. The summed E-state index contributed by atoms with van der Waals surface area (Å²) in [5.74, 6) is 0.604. The summed E-state index contributed by atoms with van der Waals surface area (Å²) in [6.45, 7) is 3.72. The van der Waals surface area contributed by atoms with Crippen LogP contribution in [-0.4, -0.2) is 56.7 Å². The fourth-order valence-corrected chi connectivity index (χ4v) is 3.53. The number of benzene rings is 2. The summed E-state index contributed by atoms with van der Waals surface area (Å²) in [7, 11) is 3.49. The number of carbonyl (C=O) groups excluding carboxylic acids is 1. The van der Waals surface area contributed by atoms with E-state index in [4.69, 9.17) is 4.74 Å². The minimum absolute atomic E-state index is 0. The molecule has 2 unspecified atom stereocenters. The van der Waals surface area contributed by atoms with Gasteiger partial charge in [-0.25, -0.2) is 4.99 Å². The highest BCUT2D eigenvalue weighted by Gasteiger charge is 2.16. The summed E-state index contributed by atoms with van der Waals surface area (Å²) in [6.07, 6.45) is 3.56. The zero-order chi connectivity index (χ0) is 20.6. The number of likely N-dealkylation sites (N-methyl/N-ethyl adjacent to an activating group) is 1. The lowest BCUT2D eigenvalue weighted by molar-refractivity contribution is -0.127. The second-order valence-corrected chi connectivity index (χ2v) is 7.76. The van der Waals surface area contributed by atoms with Gasteiger partial charge in [0.25, 0.3) is 0 Å². The largest absolute Gasteiger partial charge is 0.376 e. The Balaban J connectivity index is 0.00000320. The molecule has 0 saturated carbocycles. The average Bonchev–Trinajstić information content (AvgIpc) is 2.75. The van der Waals surface area contributed by atoms with Gasteiger partial charge in [-0.1, -0.05) is 42.5 Å². The molecule has 2 atom stereocenters. The van der Waals surface area contributed by atoms with Gasteiger partial charge in [-0.2, -0.15) is 0 Å². The van der Waals surface area contributed by atoms with E-state index in [9.17, 15) is 4.79 Å². The van der Waals surface area contributed by atoms with Crippen LogP contribution in [0.2, 0.25) is 0 Å². The Morgan fingerprint density at radius 3 is 2.70 bits per heavy atom. The fourth-order valence-electron chi connectivity index (χ4n) is 3.53. The SMILES string of the molecule is CC(NC(=NCC(=O)N(C)C)NCC1CCCCO1)c1cccc2ccccc12.I. The lowest BCUT2D eigenvalue weighted by atomic mass is 10.00. The Morgan fingerprint density at radius 2 is 1.97 bits per heavy atom. The van der Waals surface area contributed by atoms with Gasteiger partial charge < -0.3 is 20.3 Å². The van der Waals surface area contributed by atoms with Crippen molar-refractivity contribution in [3.8, 4) is 0 Å². The van der Waals surface area contributed by atoms with Crippen LogP contribution in [0.5, 0.6) is 0 Å². The second kappa shape index (κ2) is 12.1. The lowest BCUT2D eigenvalue weighted by Crippen LogP contribution is -2.44. The molecule has 1 heterocycles. The van der Waals surface area contributed by atoms with Gasteiger partial charge in [-0.05, 0) is 42.5 Å². The van der Waals surface area contributed by atoms with Crippen LogP contribution in [0.25, 0.3) is 10.8 Å². The molecule has 1 saturated heterocycles. The summed E-state index contributed by atoms with van der Waals surface area (Å²) in [5.41, 5.74) is 1.20. The molecule has 2 aromatic rings. The van der Waals surface area contributed by atoms with Crippen LogP contribution in [0.4, 0.5) is 0 Å². The van der Waals surface area contributed by atoms with E-state index in [0.717, 1.165) is 19.4 Å². The van der Waals surface area contributed by atoms with Crippen LogP contribution in [-0.2, 0) is 9.53 Å². The number of hydrogen-bond acceptors (Lipinski definition) is 3. The summed E-state index contributed by atoms with van der Waals surface area (Å²) in [6, 6.07) is 14.7. The number of halogens is 1. The van der Waals surface area contributed by atoms with Crippen LogP contribution in [0.3, 0.4) is 0 Å². The molecule has 1 aliphatic rings. The van der Waals surface area contributed by atoms with Crippen LogP contribution in [0.15, 0.2) is 47.5 Å². The standard InChI is InChI=1S/C23H32N4O2.HI/c1-17(20-13-8-10-18-9-4-5-12-21(18)20)26-23(25-16-22(28)27(2)3)24-15-19-11-6-7-14-29-19;/h4-5,8-10,12-13,17,19H,6-7,11,14-16H2,1-3H3,(H2,24,25,26);1H. The third-order valence-corrected chi connectivity index (χ3v) is 5.29. The summed E-state index contributed by atoms with van der Waals surface area (Å²) >= 11 is 0. The maximum Gasteiger partial charge on any atom is 0.243 e. The molecule has 1 amide bonds.